The minimum Gasteiger partial charge on any atom is -0.483 e. The van der Waals surface area contributed by atoms with Crippen LogP contribution in [0, 0.1) is 6.92 Å². The molecule has 0 atom stereocenters. The molecule has 0 bridgehead atoms. The standard InChI is InChI=1S/C17H16BrNO3/c1-11-9-13(7-8-15(11)18)19-17(21)10-22-16-6-4-3-5-14(16)12(2)20/h3-9H,10H2,1-2H3,(H,19,21). The Hall–Kier alpha value is -2.14. The molecule has 0 saturated heterocycles. The molecule has 1 amide bonds. The Labute approximate surface area is 137 Å². The summed E-state index contributed by atoms with van der Waals surface area (Å²) in [6.45, 7) is 3.26. The van der Waals surface area contributed by atoms with Gasteiger partial charge in [-0.05, 0) is 49.7 Å². The molecular weight excluding hydrogens is 346 g/mol. The van der Waals surface area contributed by atoms with Crippen LogP contribution in [0.15, 0.2) is 46.9 Å². The summed E-state index contributed by atoms with van der Waals surface area (Å²) in [6, 6.07) is 12.4. The largest absolute Gasteiger partial charge is 0.483 e. The Morgan fingerprint density at radius 3 is 2.59 bits per heavy atom. The van der Waals surface area contributed by atoms with Gasteiger partial charge >= 0.3 is 0 Å². The number of Topliss-reactive ketones (excluding diaryl/α,β-unsaturated/α-hetero) is 1. The maximum absolute atomic E-state index is 11.9. The van der Waals surface area contributed by atoms with E-state index in [1.165, 1.54) is 6.92 Å². The molecule has 2 rings (SSSR count). The third kappa shape index (κ3) is 4.18. The molecule has 4 nitrogen and oxygen atoms in total. The maximum Gasteiger partial charge on any atom is 0.262 e. The van der Waals surface area contributed by atoms with Crippen molar-refractivity contribution in [2.24, 2.45) is 0 Å². The highest BCUT2D eigenvalue weighted by molar-refractivity contribution is 9.10. The Morgan fingerprint density at radius 2 is 1.91 bits per heavy atom. The van der Waals surface area contributed by atoms with Gasteiger partial charge in [0, 0.05) is 10.2 Å². The molecule has 0 aliphatic heterocycles. The van der Waals surface area contributed by atoms with E-state index in [-0.39, 0.29) is 18.3 Å². The first-order valence-electron chi connectivity index (χ1n) is 6.76. The molecule has 5 heteroatoms. The first-order valence-corrected chi connectivity index (χ1v) is 7.55. The summed E-state index contributed by atoms with van der Waals surface area (Å²) in [6.07, 6.45) is 0. The van der Waals surface area contributed by atoms with Crippen LogP contribution >= 0.6 is 15.9 Å². The van der Waals surface area contributed by atoms with E-state index >= 15 is 0 Å². The van der Waals surface area contributed by atoms with Crippen molar-refractivity contribution in [3.05, 3.63) is 58.1 Å². The van der Waals surface area contributed by atoms with Crippen LogP contribution in [0.3, 0.4) is 0 Å². The van der Waals surface area contributed by atoms with Crippen molar-refractivity contribution in [3.63, 3.8) is 0 Å². The van der Waals surface area contributed by atoms with E-state index in [0.29, 0.717) is 17.0 Å². The van der Waals surface area contributed by atoms with Crippen molar-refractivity contribution >= 4 is 33.3 Å². The van der Waals surface area contributed by atoms with Gasteiger partial charge in [0.15, 0.2) is 12.4 Å². The SMILES string of the molecule is CC(=O)c1ccccc1OCC(=O)Nc1ccc(Br)c(C)c1. The lowest BCUT2D eigenvalue weighted by Gasteiger charge is -2.10. The van der Waals surface area contributed by atoms with Crippen LogP contribution in [-0.2, 0) is 4.79 Å². The number of carbonyl (C=O) groups excluding carboxylic acids is 2. The number of ketones is 1. The van der Waals surface area contributed by atoms with E-state index in [1.807, 2.05) is 19.1 Å². The van der Waals surface area contributed by atoms with Gasteiger partial charge in [0.2, 0.25) is 0 Å². The van der Waals surface area contributed by atoms with Gasteiger partial charge < -0.3 is 10.1 Å². The lowest BCUT2D eigenvalue weighted by atomic mass is 10.1. The summed E-state index contributed by atoms with van der Waals surface area (Å²) in [5, 5.41) is 2.76. The second-order valence-corrected chi connectivity index (χ2v) is 5.71. The molecule has 0 spiro atoms. The number of amides is 1. The molecule has 0 aliphatic rings. The summed E-state index contributed by atoms with van der Waals surface area (Å²) in [5.74, 6) is 0.0387. The number of hydrogen-bond acceptors (Lipinski definition) is 3. The highest BCUT2D eigenvalue weighted by Crippen LogP contribution is 2.21. The zero-order valence-corrected chi connectivity index (χ0v) is 13.9. The lowest BCUT2D eigenvalue weighted by Crippen LogP contribution is -2.20. The smallest absolute Gasteiger partial charge is 0.262 e. The van der Waals surface area contributed by atoms with E-state index in [1.54, 1.807) is 30.3 Å². The molecule has 114 valence electrons. The Bertz CT molecular complexity index is 713. The van der Waals surface area contributed by atoms with Gasteiger partial charge in [0.1, 0.15) is 5.75 Å². The van der Waals surface area contributed by atoms with Crippen LogP contribution in [0.2, 0.25) is 0 Å². The van der Waals surface area contributed by atoms with Crippen molar-refractivity contribution in [1.29, 1.82) is 0 Å². The first kappa shape index (κ1) is 16.2. The Morgan fingerprint density at radius 1 is 1.18 bits per heavy atom. The number of carbonyl (C=O) groups is 2. The van der Waals surface area contributed by atoms with Crippen LogP contribution < -0.4 is 10.1 Å². The average Bonchev–Trinajstić information content (AvgIpc) is 2.49. The molecule has 0 fully saturated rings. The highest BCUT2D eigenvalue weighted by Gasteiger charge is 2.10. The number of rotatable bonds is 5. The van der Waals surface area contributed by atoms with Gasteiger partial charge in [-0.2, -0.15) is 0 Å². The van der Waals surface area contributed by atoms with Crippen molar-refractivity contribution < 1.29 is 14.3 Å². The monoisotopic (exact) mass is 361 g/mol. The van der Waals surface area contributed by atoms with Crippen molar-refractivity contribution in [3.8, 4) is 5.75 Å². The van der Waals surface area contributed by atoms with Crippen molar-refractivity contribution in [2.75, 3.05) is 11.9 Å². The van der Waals surface area contributed by atoms with E-state index < -0.39 is 0 Å². The number of aryl methyl sites for hydroxylation is 1. The molecule has 0 heterocycles. The fourth-order valence-corrected chi connectivity index (χ4v) is 2.19. The number of benzene rings is 2. The van der Waals surface area contributed by atoms with Gasteiger partial charge in [-0.25, -0.2) is 0 Å². The molecule has 0 saturated carbocycles. The predicted molar refractivity (Wildman–Crippen MR) is 89.5 cm³/mol. The van der Waals surface area contributed by atoms with E-state index in [9.17, 15) is 9.59 Å². The third-order valence-electron chi connectivity index (χ3n) is 3.07. The van der Waals surface area contributed by atoms with Gasteiger partial charge in [0.05, 0.1) is 5.56 Å². The minimum absolute atomic E-state index is 0.0976. The van der Waals surface area contributed by atoms with Gasteiger partial charge in [-0.15, -0.1) is 0 Å². The van der Waals surface area contributed by atoms with Crippen LogP contribution in [0.4, 0.5) is 5.69 Å². The van der Waals surface area contributed by atoms with Crippen LogP contribution in [0.25, 0.3) is 0 Å². The number of ether oxygens (including phenoxy) is 1. The molecule has 0 aliphatic carbocycles. The summed E-state index contributed by atoms with van der Waals surface area (Å²) in [7, 11) is 0. The zero-order valence-electron chi connectivity index (χ0n) is 12.4. The number of hydrogen-bond donors (Lipinski definition) is 1. The van der Waals surface area contributed by atoms with Crippen LogP contribution in [-0.4, -0.2) is 18.3 Å². The van der Waals surface area contributed by atoms with Crippen molar-refractivity contribution in [1.82, 2.24) is 0 Å². The second-order valence-electron chi connectivity index (χ2n) is 4.85. The number of nitrogens with one attached hydrogen (secondary N) is 1. The normalized spacial score (nSPS) is 10.1. The summed E-state index contributed by atoms with van der Waals surface area (Å²) < 4.78 is 6.43. The number of anilines is 1. The minimum atomic E-state index is -0.278. The lowest BCUT2D eigenvalue weighted by molar-refractivity contribution is -0.118. The van der Waals surface area contributed by atoms with Gasteiger partial charge in [0.25, 0.3) is 5.91 Å². The Kier molecular flexibility index (Phi) is 5.33. The second kappa shape index (κ2) is 7.22. The van der Waals surface area contributed by atoms with Gasteiger partial charge in [-0.1, -0.05) is 28.1 Å². The first-order chi connectivity index (χ1) is 10.5. The van der Waals surface area contributed by atoms with Crippen LogP contribution in [0.1, 0.15) is 22.8 Å². The summed E-state index contributed by atoms with van der Waals surface area (Å²) >= 11 is 3.41. The number of para-hydroxylation sites is 1. The molecule has 0 unspecified atom stereocenters. The molecular formula is C17H16BrNO3. The molecule has 0 aromatic heterocycles. The fraction of sp³-hybridized carbons (Fsp3) is 0.176. The molecule has 0 radical (unpaired) electrons. The predicted octanol–water partition coefficient (Wildman–Crippen LogP) is 3.98. The van der Waals surface area contributed by atoms with E-state index in [2.05, 4.69) is 21.2 Å². The number of halogens is 1. The molecule has 1 N–H and O–H groups in total. The average molecular weight is 362 g/mol. The topological polar surface area (TPSA) is 55.4 Å². The van der Waals surface area contributed by atoms with Crippen LogP contribution in [0.5, 0.6) is 5.75 Å². The highest BCUT2D eigenvalue weighted by atomic mass is 79.9. The summed E-state index contributed by atoms with van der Waals surface area (Å²) in [4.78, 5) is 23.4. The quantitative estimate of drug-likeness (QED) is 0.819. The zero-order chi connectivity index (χ0) is 16.1. The molecule has 2 aromatic rings. The Balaban J connectivity index is 1.98. The summed E-state index contributed by atoms with van der Waals surface area (Å²) in [5.41, 5.74) is 2.20. The fourth-order valence-electron chi connectivity index (χ4n) is 1.95. The molecule has 2 aromatic carbocycles. The van der Waals surface area contributed by atoms with E-state index in [4.69, 9.17) is 4.74 Å². The maximum atomic E-state index is 11.9. The van der Waals surface area contributed by atoms with Gasteiger partial charge in [-0.3, -0.25) is 9.59 Å². The molecule has 22 heavy (non-hydrogen) atoms. The van der Waals surface area contributed by atoms with E-state index in [0.717, 1.165) is 10.0 Å². The third-order valence-corrected chi connectivity index (χ3v) is 3.96. The van der Waals surface area contributed by atoms with Crippen molar-refractivity contribution in [2.45, 2.75) is 13.8 Å².